The smallest absolute Gasteiger partial charge is 0.366 e. The van der Waals surface area contributed by atoms with Gasteiger partial charge in [-0.2, -0.15) is 0 Å². The van der Waals surface area contributed by atoms with E-state index < -0.39 is 5.97 Å². The molecule has 1 aromatic carbocycles. The minimum atomic E-state index is -0.506. The predicted octanol–water partition coefficient (Wildman–Crippen LogP) is 4.18. The zero-order valence-electron chi connectivity index (χ0n) is 13.7. The number of carbonyl (C=O) groups is 1. The number of esters is 1. The van der Waals surface area contributed by atoms with E-state index in [1.165, 1.54) is 6.39 Å². The highest BCUT2D eigenvalue weighted by Gasteiger charge is 2.29. The molecule has 5 heteroatoms. The molecule has 0 amide bonds. The van der Waals surface area contributed by atoms with Crippen LogP contribution in [-0.2, 0) is 4.74 Å². The fourth-order valence-corrected chi connectivity index (χ4v) is 2.66. The van der Waals surface area contributed by atoms with Gasteiger partial charge in [-0.15, -0.1) is 0 Å². The molecule has 1 aromatic heterocycles. The molecular weight excluding hydrogens is 294 g/mol. The van der Waals surface area contributed by atoms with Crippen LogP contribution in [0.5, 0.6) is 5.75 Å². The van der Waals surface area contributed by atoms with Gasteiger partial charge in [0.1, 0.15) is 11.9 Å². The maximum atomic E-state index is 12.5. The lowest BCUT2D eigenvalue weighted by Gasteiger charge is -2.12. The molecule has 1 saturated heterocycles. The summed E-state index contributed by atoms with van der Waals surface area (Å²) in [4.78, 5) is 16.5. The van der Waals surface area contributed by atoms with Crippen molar-refractivity contribution in [2.24, 2.45) is 0 Å². The standard InChI is InChI=1S/C18H21NO4/c1-11(2)13-7-6-12(3)15(9-13)23-18(20)16-17(22-10-19-16)14-5-4-8-21-14/h6-7,9-11,14H,4-5,8H2,1-3H3/t14-/m0/s1. The zero-order chi connectivity index (χ0) is 16.4. The third-order valence-corrected chi connectivity index (χ3v) is 4.09. The van der Waals surface area contributed by atoms with Gasteiger partial charge in [0, 0.05) is 6.61 Å². The van der Waals surface area contributed by atoms with Gasteiger partial charge in [0.15, 0.2) is 17.8 Å². The third-order valence-electron chi connectivity index (χ3n) is 4.09. The molecule has 2 aromatic rings. The van der Waals surface area contributed by atoms with E-state index in [1.807, 2.05) is 25.1 Å². The summed E-state index contributed by atoms with van der Waals surface area (Å²) in [5.74, 6) is 0.878. The van der Waals surface area contributed by atoms with Gasteiger partial charge >= 0.3 is 5.97 Å². The van der Waals surface area contributed by atoms with Crippen LogP contribution >= 0.6 is 0 Å². The molecule has 1 atom stereocenters. The molecule has 0 radical (unpaired) electrons. The van der Waals surface area contributed by atoms with E-state index in [0.717, 1.165) is 24.0 Å². The summed E-state index contributed by atoms with van der Waals surface area (Å²) in [6, 6.07) is 5.91. The van der Waals surface area contributed by atoms with Crippen LogP contribution < -0.4 is 4.74 Å². The van der Waals surface area contributed by atoms with Gasteiger partial charge in [0.25, 0.3) is 0 Å². The van der Waals surface area contributed by atoms with E-state index in [0.29, 0.717) is 24.0 Å². The van der Waals surface area contributed by atoms with Gasteiger partial charge in [0.05, 0.1) is 0 Å². The summed E-state index contributed by atoms with van der Waals surface area (Å²) in [6.45, 7) is 6.79. The molecule has 1 aliphatic rings. The molecule has 0 saturated carbocycles. The van der Waals surface area contributed by atoms with Crippen molar-refractivity contribution < 1.29 is 18.7 Å². The first-order chi connectivity index (χ1) is 11.1. The Balaban J connectivity index is 1.82. The summed E-state index contributed by atoms with van der Waals surface area (Å²) in [6.07, 6.45) is 2.85. The Morgan fingerprint density at radius 1 is 1.39 bits per heavy atom. The average molecular weight is 315 g/mol. The number of hydrogen-bond donors (Lipinski definition) is 0. The van der Waals surface area contributed by atoms with Crippen molar-refractivity contribution in [3.63, 3.8) is 0 Å². The van der Waals surface area contributed by atoms with Crippen LogP contribution in [0.3, 0.4) is 0 Å². The van der Waals surface area contributed by atoms with Crippen LogP contribution in [0.25, 0.3) is 0 Å². The molecule has 3 rings (SSSR count). The Hall–Kier alpha value is -2.14. The number of nitrogens with zero attached hydrogens (tertiary/aromatic N) is 1. The summed E-state index contributed by atoms with van der Waals surface area (Å²) in [5.41, 5.74) is 2.23. The monoisotopic (exact) mass is 315 g/mol. The van der Waals surface area contributed by atoms with E-state index in [9.17, 15) is 4.79 Å². The quantitative estimate of drug-likeness (QED) is 0.625. The summed E-state index contributed by atoms with van der Waals surface area (Å²) in [7, 11) is 0. The summed E-state index contributed by atoms with van der Waals surface area (Å²) >= 11 is 0. The molecule has 0 unspecified atom stereocenters. The van der Waals surface area contributed by atoms with Gasteiger partial charge in [-0.1, -0.05) is 26.0 Å². The molecule has 1 aliphatic heterocycles. The zero-order valence-corrected chi connectivity index (χ0v) is 13.7. The number of carbonyl (C=O) groups excluding carboxylic acids is 1. The first kappa shape index (κ1) is 15.7. The van der Waals surface area contributed by atoms with E-state index in [-0.39, 0.29) is 11.8 Å². The van der Waals surface area contributed by atoms with Crippen molar-refractivity contribution in [3.05, 3.63) is 47.2 Å². The Morgan fingerprint density at radius 3 is 2.91 bits per heavy atom. The van der Waals surface area contributed by atoms with Gasteiger partial charge in [0.2, 0.25) is 0 Å². The van der Waals surface area contributed by atoms with Crippen molar-refractivity contribution in [2.75, 3.05) is 6.61 Å². The van der Waals surface area contributed by atoms with E-state index >= 15 is 0 Å². The van der Waals surface area contributed by atoms with E-state index in [1.54, 1.807) is 0 Å². The largest absolute Gasteiger partial charge is 0.445 e. The number of aromatic nitrogens is 1. The second kappa shape index (κ2) is 6.54. The van der Waals surface area contributed by atoms with Crippen LogP contribution in [0.1, 0.15) is 66.1 Å². The molecule has 0 aliphatic carbocycles. The molecule has 5 nitrogen and oxygen atoms in total. The van der Waals surface area contributed by atoms with E-state index in [4.69, 9.17) is 13.9 Å². The first-order valence-corrected chi connectivity index (χ1v) is 7.94. The van der Waals surface area contributed by atoms with Crippen LogP contribution in [0.4, 0.5) is 0 Å². The predicted molar refractivity (Wildman–Crippen MR) is 84.7 cm³/mol. The summed E-state index contributed by atoms with van der Waals surface area (Å²) in [5, 5.41) is 0. The van der Waals surface area contributed by atoms with Gasteiger partial charge in [-0.05, 0) is 42.9 Å². The SMILES string of the molecule is Cc1ccc(C(C)C)cc1OC(=O)c1ncoc1[C@@H]1CCCO1. The van der Waals surface area contributed by atoms with Crippen molar-refractivity contribution in [1.82, 2.24) is 4.98 Å². The molecule has 0 bridgehead atoms. The lowest BCUT2D eigenvalue weighted by molar-refractivity contribution is 0.0694. The Labute approximate surface area is 135 Å². The lowest BCUT2D eigenvalue weighted by Crippen LogP contribution is -2.13. The molecular formula is C18H21NO4. The number of oxazole rings is 1. The van der Waals surface area contributed by atoms with Crippen molar-refractivity contribution in [1.29, 1.82) is 0 Å². The molecule has 1 fully saturated rings. The lowest BCUT2D eigenvalue weighted by atomic mass is 10.0. The third kappa shape index (κ3) is 3.29. The Kier molecular flexibility index (Phi) is 4.48. The van der Waals surface area contributed by atoms with Crippen molar-refractivity contribution in [3.8, 4) is 5.75 Å². The minimum absolute atomic E-state index is 0.200. The van der Waals surface area contributed by atoms with E-state index in [2.05, 4.69) is 18.8 Å². The number of rotatable bonds is 4. The maximum absolute atomic E-state index is 12.5. The highest BCUT2D eigenvalue weighted by atomic mass is 16.5. The maximum Gasteiger partial charge on any atom is 0.366 e. The molecule has 0 N–H and O–H groups in total. The minimum Gasteiger partial charge on any atom is -0.445 e. The topological polar surface area (TPSA) is 61.6 Å². The van der Waals surface area contributed by atoms with Crippen LogP contribution in [-0.4, -0.2) is 17.6 Å². The number of benzene rings is 1. The molecule has 122 valence electrons. The average Bonchev–Trinajstić information content (AvgIpc) is 3.19. The van der Waals surface area contributed by atoms with Gasteiger partial charge in [-0.25, -0.2) is 9.78 Å². The first-order valence-electron chi connectivity index (χ1n) is 7.94. The fraction of sp³-hybridized carbons (Fsp3) is 0.444. The second-order valence-electron chi connectivity index (χ2n) is 6.14. The number of aryl methyl sites for hydroxylation is 1. The Bertz CT molecular complexity index is 699. The van der Waals surface area contributed by atoms with Gasteiger partial charge < -0.3 is 13.9 Å². The van der Waals surface area contributed by atoms with Crippen LogP contribution in [0, 0.1) is 6.92 Å². The highest BCUT2D eigenvalue weighted by Crippen LogP contribution is 2.31. The number of ether oxygens (including phenoxy) is 2. The molecule has 0 spiro atoms. The normalized spacial score (nSPS) is 17.7. The second-order valence-corrected chi connectivity index (χ2v) is 6.14. The van der Waals surface area contributed by atoms with Crippen molar-refractivity contribution in [2.45, 2.75) is 45.6 Å². The van der Waals surface area contributed by atoms with Crippen LogP contribution in [0.15, 0.2) is 29.0 Å². The molecule has 23 heavy (non-hydrogen) atoms. The number of hydrogen-bond acceptors (Lipinski definition) is 5. The van der Waals surface area contributed by atoms with Gasteiger partial charge in [-0.3, -0.25) is 0 Å². The summed E-state index contributed by atoms with van der Waals surface area (Å²) < 4.78 is 16.5. The molecule has 2 heterocycles. The Morgan fingerprint density at radius 2 is 2.22 bits per heavy atom. The van der Waals surface area contributed by atoms with Crippen molar-refractivity contribution >= 4 is 5.97 Å². The van der Waals surface area contributed by atoms with Crippen LogP contribution in [0.2, 0.25) is 0 Å². The highest BCUT2D eigenvalue weighted by molar-refractivity contribution is 5.90. The fourth-order valence-electron chi connectivity index (χ4n) is 2.66.